The van der Waals surface area contributed by atoms with Gasteiger partial charge in [-0.3, -0.25) is 4.40 Å². The minimum Gasteiger partial charge on any atom is -0.326 e. The number of hydrogen-bond donors (Lipinski definition) is 1. The summed E-state index contributed by atoms with van der Waals surface area (Å²) in [6, 6.07) is 0. The van der Waals surface area contributed by atoms with Crippen molar-refractivity contribution in [3.8, 4) is 11.3 Å². The van der Waals surface area contributed by atoms with Gasteiger partial charge in [0.2, 0.25) is 0 Å². The molecule has 0 aliphatic rings. The monoisotopic (exact) mass is 231 g/mol. The zero-order valence-corrected chi connectivity index (χ0v) is 9.18. The maximum atomic E-state index is 5.68. The fraction of sp³-hybridized carbons (Fsp3) is 0.100. The fourth-order valence-corrected chi connectivity index (χ4v) is 2.36. The number of hydrogen-bond acceptors (Lipinski definition) is 5. The van der Waals surface area contributed by atoms with Gasteiger partial charge in [-0.05, 0) is 5.56 Å². The van der Waals surface area contributed by atoms with Gasteiger partial charge in [0.05, 0.1) is 24.3 Å². The fourth-order valence-electron chi connectivity index (χ4n) is 1.67. The van der Waals surface area contributed by atoms with Crippen LogP contribution in [0.15, 0.2) is 30.2 Å². The van der Waals surface area contributed by atoms with Crippen LogP contribution in [0.25, 0.3) is 16.2 Å². The van der Waals surface area contributed by atoms with E-state index in [1.54, 1.807) is 23.7 Å². The van der Waals surface area contributed by atoms with Crippen molar-refractivity contribution in [1.82, 2.24) is 19.6 Å². The quantitative estimate of drug-likeness (QED) is 0.722. The van der Waals surface area contributed by atoms with Crippen LogP contribution in [0, 0.1) is 0 Å². The minimum atomic E-state index is 0.447. The molecule has 6 heteroatoms. The van der Waals surface area contributed by atoms with Gasteiger partial charge in [0.25, 0.3) is 0 Å². The normalized spacial score (nSPS) is 11.1. The van der Waals surface area contributed by atoms with E-state index >= 15 is 0 Å². The summed E-state index contributed by atoms with van der Waals surface area (Å²) in [5.74, 6) is 0. The van der Waals surface area contributed by atoms with Gasteiger partial charge in [0.1, 0.15) is 0 Å². The van der Waals surface area contributed by atoms with E-state index in [-0.39, 0.29) is 0 Å². The molecule has 3 aromatic heterocycles. The van der Waals surface area contributed by atoms with Crippen LogP contribution in [0.1, 0.15) is 5.56 Å². The molecule has 0 aromatic carbocycles. The highest BCUT2D eigenvalue weighted by Crippen LogP contribution is 2.24. The Labute approximate surface area is 95.6 Å². The second-order valence-corrected chi connectivity index (χ2v) is 4.20. The molecule has 0 atom stereocenters. The lowest BCUT2D eigenvalue weighted by molar-refractivity contribution is 0.965. The Morgan fingerprint density at radius 2 is 2.12 bits per heavy atom. The first-order valence-corrected chi connectivity index (χ1v) is 5.68. The van der Waals surface area contributed by atoms with Gasteiger partial charge < -0.3 is 5.73 Å². The van der Waals surface area contributed by atoms with Crippen LogP contribution in [0.2, 0.25) is 0 Å². The predicted octanol–water partition coefficient (Wildman–Crippen LogP) is 1.31. The molecule has 5 nitrogen and oxygen atoms in total. The van der Waals surface area contributed by atoms with E-state index in [2.05, 4.69) is 15.2 Å². The predicted molar refractivity (Wildman–Crippen MR) is 62.0 cm³/mol. The molecule has 0 aliphatic carbocycles. The second-order valence-electron chi connectivity index (χ2n) is 3.33. The average Bonchev–Trinajstić information content (AvgIpc) is 2.91. The average molecular weight is 231 g/mol. The largest absolute Gasteiger partial charge is 0.326 e. The third kappa shape index (κ3) is 1.31. The van der Waals surface area contributed by atoms with E-state index in [0.717, 1.165) is 21.8 Å². The standard InChI is InChI=1S/C10H9N5S/c11-3-7-4-13-14-5-8(7)9-6-12-10-15(9)1-2-16-10/h1-2,4-6H,3,11H2. The molecule has 0 fully saturated rings. The van der Waals surface area contributed by atoms with Crippen molar-refractivity contribution in [2.24, 2.45) is 5.73 Å². The van der Waals surface area contributed by atoms with E-state index < -0.39 is 0 Å². The Morgan fingerprint density at radius 3 is 3.00 bits per heavy atom. The number of fused-ring (bicyclic) bond motifs is 1. The van der Waals surface area contributed by atoms with E-state index in [9.17, 15) is 0 Å². The summed E-state index contributed by atoms with van der Waals surface area (Å²) in [7, 11) is 0. The summed E-state index contributed by atoms with van der Waals surface area (Å²) in [6.07, 6.45) is 7.25. The van der Waals surface area contributed by atoms with E-state index in [1.165, 1.54) is 0 Å². The first-order valence-electron chi connectivity index (χ1n) is 4.80. The SMILES string of the molecule is NCc1cnncc1-c1cnc2sccn12. The molecule has 0 spiro atoms. The Bertz CT molecular complexity index is 627. The van der Waals surface area contributed by atoms with Crippen molar-refractivity contribution < 1.29 is 0 Å². The molecular weight excluding hydrogens is 222 g/mol. The van der Waals surface area contributed by atoms with E-state index in [4.69, 9.17) is 5.73 Å². The highest BCUT2D eigenvalue weighted by molar-refractivity contribution is 7.15. The Balaban J connectivity index is 2.27. The Hall–Kier alpha value is -1.79. The van der Waals surface area contributed by atoms with Crippen LogP contribution in [0.5, 0.6) is 0 Å². The smallest absolute Gasteiger partial charge is 0.194 e. The van der Waals surface area contributed by atoms with Crippen molar-refractivity contribution in [3.63, 3.8) is 0 Å². The van der Waals surface area contributed by atoms with E-state index in [1.807, 2.05) is 22.2 Å². The zero-order valence-electron chi connectivity index (χ0n) is 8.37. The summed E-state index contributed by atoms with van der Waals surface area (Å²) >= 11 is 1.60. The van der Waals surface area contributed by atoms with Gasteiger partial charge in [-0.1, -0.05) is 0 Å². The van der Waals surface area contributed by atoms with E-state index in [0.29, 0.717) is 6.54 Å². The molecule has 3 aromatic rings. The van der Waals surface area contributed by atoms with Crippen molar-refractivity contribution >= 4 is 16.3 Å². The van der Waals surface area contributed by atoms with Crippen molar-refractivity contribution in [2.45, 2.75) is 6.54 Å². The molecule has 0 amide bonds. The third-order valence-corrected chi connectivity index (χ3v) is 3.23. The molecule has 0 bridgehead atoms. The lowest BCUT2D eigenvalue weighted by Crippen LogP contribution is -2.01. The molecule has 16 heavy (non-hydrogen) atoms. The Kier molecular flexibility index (Phi) is 2.16. The number of aromatic nitrogens is 4. The molecular formula is C10H9N5S. The van der Waals surface area contributed by atoms with Gasteiger partial charge >= 0.3 is 0 Å². The van der Waals surface area contributed by atoms with Gasteiger partial charge in [-0.15, -0.1) is 11.3 Å². The van der Waals surface area contributed by atoms with Crippen molar-refractivity contribution in [2.75, 3.05) is 0 Å². The van der Waals surface area contributed by atoms with Crippen LogP contribution in [0.4, 0.5) is 0 Å². The summed E-state index contributed by atoms with van der Waals surface area (Å²) in [5.41, 5.74) is 8.65. The first-order chi connectivity index (χ1) is 7.90. The minimum absolute atomic E-state index is 0.447. The van der Waals surface area contributed by atoms with Gasteiger partial charge in [0.15, 0.2) is 4.96 Å². The molecule has 0 radical (unpaired) electrons. The highest BCUT2D eigenvalue weighted by Gasteiger charge is 2.10. The molecule has 3 rings (SSSR count). The summed E-state index contributed by atoms with van der Waals surface area (Å²) in [6.45, 7) is 0.447. The number of rotatable bonds is 2. The summed E-state index contributed by atoms with van der Waals surface area (Å²) in [5, 5.41) is 9.74. The maximum absolute atomic E-state index is 5.68. The van der Waals surface area contributed by atoms with Gasteiger partial charge in [-0.2, -0.15) is 10.2 Å². The van der Waals surface area contributed by atoms with Crippen LogP contribution in [-0.2, 0) is 6.54 Å². The number of nitrogens with zero attached hydrogens (tertiary/aromatic N) is 4. The number of nitrogens with two attached hydrogens (primary N) is 1. The topological polar surface area (TPSA) is 69.1 Å². The summed E-state index contributed by atoms with van der Waals surface area (Å²) in [4.78, 5) is 5.29. The molecule has 2 N–H and O–H groups in total. The molecule has 0 saturated carbocycles. The molecule has 3 heterocycles. The molecule has 0 aliphatic heterocycles. The highest BCUT2D eigenvalue weighted by atomic mass is 32.1. The van der Waals surface area contributed by atoms with Crippen LogP contribution < -0.4 is 5.73 Å². The van der Waals surface area contributed by atoms with Gasteiger partial charge in [-0.25, -0.2) is 4.98 Å². The lowest BCUT2D eigenvalue weighted by Gasteiger charge is -2.04. The van der Waals surface area contributed by atoms with Crippen molar-refractivity contribution in [1.29, 1.82) is 0 Å². The molecule has 0 unspecified atom stereocenters. The molecule has 0 saturated heterocycles. The Morgan fingerprint density at radius 1 is 1.25 bits per heavy atom. The summed E-state index contributed by atoms with van der Waals surface area (Å²) < 4.78 is 2.03. The maximum Gasteiger partial charge on any atom is 0.194 e. The van der Waals surface area contributed by atoms with Gasteiger partial charge in [0, 0.05) is 23.7 Å². The molecule has 80 valence electrons. The van der Waals surface area contributed by atoms with Crippen LogP contribution in [-0.4, -0.2) is 19.6 Å². The number of thiazole rings is 1. The zero-order chi connectivity index (χ0) is 11.0. The first kappa shape index (κ1) is 9.44. The second kappa shape index (κ2) is 3.66. The lowest BCUT2D eigenvalue weighted by atomic mass is 10.1. The van der Waals surface area contributed by atoms with Crippen LogP contribution >= 0.6 is 11.3 Å². The number of imidazole rings is 1. The third-order valence-electron chi connectivity index (χ3n) is 2.46. The van der Waals surface area contributed by atoms with Crippen molar-refractivity contribution in [3.05, 3.63) is 35.7 Å². The van der Waals surface area contributed by atoms with Crippen LogP contribution in [0.3, 0.4) is 0 Å².